The number of nitrogens with one attached hydrogen (secondary N) is 3. The van der Waals surface area contributed by atoms with Gasteiger partial charge in [-0.2, -0.15) is 0 Å². The summed E-state index contributed by atoms with van der Waals surface area (Å²) < 4.78 is 4.95. The second kappa shape index (κ2) is 10.6. The molecular weight excluding hydrogens is 246 g/mol. The summed E-state index contributed by atoms with van der Waals surface area (Å²) in [5, 5.41) is 8.19. The van der Waals surface area contributed by atoms with Gasteiger partial charge in [-0.05, 0) is 46.7 Å². The molecule has 112 valence electrons. The minimum absolute atomic E-state index is 0.369. The average molecular weight is 273 g/mol. The number of carbonyl (C=O) groups is 2. The van der Waals surface area contributed by atoms with Crippen molar-refractivity contribution in [3.05, 3.63) is 0 Å². The van der Waals surface area contributed by atoms with E-state index in [0.717, 1.165) is 0 Å². The largest absolute Gasteiger partial charge is 0.444 e. The van der Waals surface area contributed by atoms with Crippen molar-refractivity contribution in [3.63, 3.8) is 0 Å². The number of carbonyl (C=O) groups excluding carboxylic acids is 2. The highest BCUT2D eigenvalue weighted by Gasteiger charge is 2.15. The second-order valence-electron chi connectivity index (χ2n) is 5.31. The van der Waals surface area contributed by atoms with Gasteiger partial charge in [-0.25, -0.2) is 4.79 Å². The molecule has 1 saturated heterocycles. The van der Waals surface area contributed by atoms with E-state index in [9.17, 15) is 9.59 Å². The molecule has 3 N–H and O–H groups in total. The standard InChI is InChI=1S/C8H16N2O3.C5H11N/c1-8(2,3)13-7(12)10-5-4-9-6-11;1-2-4-6-5-3-1/h6H,4-5H2,1-3H3,(H,9,11)(H,10,12);6H,1-5H2. The molecule has 1 aliphatic rings. The van der Waals surface area contributed by atoms with Crippen LogP contribution in [0.1, 0.15) is 40.0 Å². The predicted octanol–water partition coefficient (Wildman–Crippen LogP) is 1.02. The van der Waals surface area contributed by atoms with Gasteiger partial charge < -0.3 is 20.7 Å². The van der Waals surface area contributed by atoms with Gasteiger partial charge in [0.15, 0.2) is 0 Å². The highest BCUT2D eigenvalue weighted by Crippen LogP contribution is 2.05. The molecule has 1 heterocycles. The van der Waals surface area contributed by atoms with Crippen LogP contribution in [0.4, 0.5) is 4.79 Å². The molecule has 0 unspecified atom stereocenters. The van der Waals surface area contributed by atoms with E-state index in [2.05, 4.69) is 16.0 Å². The monoisotopic (exact) mass is 273 g/mol. The van der Waals surface area contributed by atoms with Crippen molar-refractivity contribution >= 4 is 12.5 Å². The number of ether oxygens (including phenoxy) is 1. The lowest BCUT2D eigenvalue weighted by molar-refractivity contribution is -0.109. The Hall–Kier alpha value is -1.30. The molecule has 1 fully saturated rings. The Kier molecular flexibility index (Phi) is 9.88. The van der Waals surface area contributed by atoms with Gasteiger partial charge in [-0.3, -0.25) is 4.79 Å². The van der Waals surface area contributed by atoms with Gasteiger partial charge in [0.05, 0.1) is 0 Å². The van der Waals surface area contributed by atoms with Gasteiger partial charge >= 0.3 is 6.09 Å². The first kappa shape index (κ1) is 17.7. The van der Waals surface area contributed by atoms with E-state index in [-0.39, 0.29) is 0 Å². The van der Waals surface area contributed by atoms with E-state index in [0.29, 0.717) is 19.5 Å². The lowest BCUT2D eigenvalue weighted by Gasteiger charge is -2.19. The summed E-state index contributed by atoms with van der Waals surface area (Å²) in [5.41, 5.74) is -0.484. The second-order valence-corrected chi connectivity index (χ2v) is 5.31. The molecular formula is C13H27N3O3. The summed E-state index contributed by atoms with van der Waals surface area (Å²) in [5.74, 6) is 0. The maximum absolute atomic E-state index is 11.0. The lowest BCUT2D eigenvalue weighted by atomic mass is 10.2. The zero-order valence-electron chi connectivity index (χ0n) is 12.3. The average Bonchev–Trinajstić information content (AvgIpc) is 2.35. The van der Waals surface area contributed by atoms with Crippen LogP contribution in [0.15, 0.2) is 0 Å². The molecule has 6 heteroatoms. The van der Waals surface area contributed by atoms with E-state index in [1.54, 1.807) is 20.8 Å². The van der Waals surface area contributed by atoms with Gasteiger partial charge in [0.25, 0.3) is 0 Å². The summed E-state index contributed by atoms with van der Waals surface area (Å²) >= 11 is 0. The van der Waals surface area contributed by atoms with Crippen LogP contribution < -0.4 is 16.0 Å². The van der Waals surface area contributed by atoms with Crippen LogP contribution in [0.2, 0.25) is 0 Å². The molecule has 6 nitrogen and oxygen atoms in total. The van der Waals surface area contributed by atoms with Crippen molar-refractivity contribution in [2.24, 2.45) is 0 Å². The summed E-state index contributed by atoms with van der Waals surface area (Å²) in [7, 11) is 0. The highest BCUT2D eigenvalue weighted by atomic mass is 16.6. The molecule has 19 heavy (non-hydrogen) atoms. The van der Waals surface area contributed by atoms with E-state index in [1.807, 2.05) is 0 Å². The lowest BCUT2D eigenvalue weighted by Crippen LogP contribution is -2.36. The fraction of sp³-hybridized carbons (Fsp3) is 0.846. The van der Waals surface area contributed by atoms with E-state index >= 15 is 0 Å². The van der Waals surface area contributed by atoms with Gasteiger partial charge in [-0.15, -0.1) is 0 Å². The van der Waals surface area contributed by atoms with Crippen LogP contribution in [-0.4, -0.2) is 44.3 Å². The van der Waals surface area contributed by atoms with Crippen molar-refractivity contribution in [2.75, 3.05) is 26.2 Å². The predicted molar refractivity (Wildman–Crippen MR) is 75.0 cm³/mol. The molecule has 0 radical (unpaired) electrons. The Labute approximate surface area is 115 Å². The molecule has 0 aromatic heterocycles. The van der Waals surface area contributed by atoms with Crippen LogP contribution in [0, 0.1) is 0 Å². The SMILES string of the molecule is C1CCNCC1.CC(C)(C)OC(=O)NCCNC=O. The first-order chi connectivity index (χ1) is 8.95. The van der Waals surface area contributed by atoms with Crippen LogP contribution in [0.3, 0.4) is 0 Å². The first-order valence-electron chi connectivity index (χ1n) is 6.80. The molecule has 0 saturated carbocycles. The third-order valence-corrected chi connectivity index (χ3v) is 2.23. The smallest absolute Gasteiger partial charge is 0.407 e. The van der Waals surface area contributed by atoms with E-state index in [4.69, 9.17) is 4.74 Å². The number of rotatable bonds is 4. The van der Waals surface area contributed by atoms with Gasteiger partial charge in [0.2, 0.25) is 6.41 Å². The normalized spacial score (nSPS) is 14.7. The summed E-state index contributed by atoms with van der Waals surface area (Å²) in [6, 6.07) is 0. The van der Waals surface area contributed by atoms with Gasteiger partial charge in [0.1, 0.15) is 5.60 Å². The molecule has 0 bridgehead atoms. The van der Waals surface area contributed by atoms with E-state index in [1.165, 1.54) is 32.4 Å². The zero-order chi connectivity index (χ0) is 14.6. The van der Waals surface area contributed by atoms with Crippen molar-refractivity contribution < 1.29 is 14.3 Å². The van der Waals surface area contributed by atoms with Crippen LogP contribution >= 0.6 is 0 Å². The topological polar surface area (TPSA) is 79.5 Å². The quantitative estimate of drug-likeness (QED) is 0.528. The minimum atomic E-state index is -0.484. The fourth-order valence-electron chi connectivity index (χ4n) is 1.41. The number of amides is 2. The molecule has 1 rings (SSSR count). The molecule has 0 spiro atoms. The Bertz CT molecular complexity index is 236. The Balaban J connectivity index is 0.000000443. The Morgan fingerprint density at radius 3 is 2.21 bits per heavy atom. The zero-order valence-corrected chi connectivity index (χ0v) is 12.3. The third-order valence-electron chi connectivity index (χ3n) is 2.23. The van der Waals surface area contributed by atoms with Crippen molar-refractivity contribution in [1.82, 2.24) is 16.0 Å². The maximum atomic E-state index is 11.0. The van der Waals surface area contributed by atoms with Crippen LogP contribution in [0.5, 0.6) is 0 Å². The summed E-state index contributed by atoms with van der Waals surface area (Å²) in [6.07, 6.45) is 4.32. The highest BCUT2D eigenvalue weighted by molar-refractivity contribution is 5.67. The minimum Gasteiger partial charge on any atom is -0.444 e. The number of alkyl carbamates (subject to hydrolysis) is 1. The molecule has 2 amide bonds. The van der Waals surface area contributed by atoms with E-state index < -0.39 is 11.7 Å². The fourth-order valence-corrected chi connectivity index (χ4v) is 1.41. The molecule has 0 atom stereocenters. The number of piperidine rings is 1. The van der Waals surface area contributed by atoms with Crippen LogP contribution in [0.25, 0.3) is 0 Å². The third kappa shape index (κ3) is 14.6. The molecule has 0 aromatic rings. The Morgan fingerprint density at radius 1 is 1.21 bits per heavy atom. The van der Waals surface area contributed by atoms with Crippen molar-refractivity contribution in [3.8, 4) is 0 Å². The van der Waals surface area contributed by atoms with Crippen molar-refractivity contribution in [2.45, 2.75) is 45.6 Å². The summed E-state index contributed by atoms with van der Waals surface area (Å²) in [4.78, 5) is 20.8. The number of hydrogen-bond acceptors (Lipinski definition) is 4. The maximum Gasteiger partial charge on any atom is 0.407 e. The summed E-state index contributed by atoms with van der Waals surface area (Å²) in [6.45, 7) is 8.64. The Morgan fingerprint density at radius 2 is 1.84 bits per heavy atom. The van der Waals surface area contributed by atoms with Crippen LogP contribution in [-0.2, 0) is 9.53 Å². The van der Waals surface area contributed by atoms with Crippen molar-refractivity contribution in [1.29, 1.82) is 0 Å². The number of hydrogen-bond donors (Lipinski definition) is 3. The molecule has 1 aliphatic heterocycles. The molecule has 0 aromatic carbocycles. The molecule has 0 aliphatic carbocycles. The van der Waals surface area contributed by atoms with Gasteiger partial charge in [-0.1, -0.05) is 6.42 Å². The first-order valence-corrected chi connectivity index (χ1v) is 6.80. The van der Waals surface area contributed by atoms with Gasteiger partial charge in [0, 0.05) is 13.1 Å².